The number of nitrogens with zero attached hydrogens (tertiary/aromatic N) is 1. The summed E-state index contributed by atoms with van der Waals surface area (Å²) in [5.41, 5.74) is 5.72. The first-order chi connectivity index (χ1) is 6.93. The summed E-state index contributed by atoms with van der Waals surface area (Å²) in [6, 6.07) is -0.497. The Bertz CT molecular complexity index is 261. The molecule has 86 valence electrons. The van der Waals surface area contributed by atoms with Gasteiger partial charge >= 0.3 is 5.97 Å². The highest BCUT2D eigenvalue weighted by Crippen LogP contribution is 2.27. The van der Waals surface area contributed by atoms with Crippen LogP contribution in [0.25, 0.3) is 0 Å². The molecule has 0 saturated heterocycles. The van der Waals surface area contributed by atoms with Crippen molar-refractivity contribution in [2.75, 3.05) is 6.54 Å². The molecule has 1 fully saturated rings. The van der Waals surface area contributed by atoms with Gasteiger partial charge in [-0.3, -0.25) is 9.59 Å². The number of hydrogen-bond donors (Lipinski definition) is 2. The lowest BCUT2D eigenvalue weighted by Crippen LogP contribution is -2.49. The van der Waals surface area contributed by atoms with Gasteiger partial charge in [0.2, 0.25) is 5.91 Å². The molecular weight excluding hydrogens is 196 g/mol. The van der Waals surface area contributed by atoms with Crippen LogP contribution in [0.3, 0.4) is 0 Å². The summed E-state index contributed by atoms with van der Waals surface area (Å²) in [6.45, 7) is 3.48. The maximum atomic E-state index is 11.8. The van der Waals surface area contributed by atoms with Crippen LogP contribution in [-0.2, 0) is 9.59 Å². The fourth-order valence-electron chi connectivity index (χ4n) is 1.40. The second-order valence-corrected chi connectivity index (χ2v) is 4.36. The Morgan fingerprint density at radius 3 is 2.33 bits per heavy atom. The molecule has 1 atom stereocenters. The molecule has 15 heavy (non-hydrogen) atoms. The number of nitrogens with two attached hydrogens (primary N) is 1. The van der Waals surface area contributed by atoms with E-state index >= 15 is 0 Å². The molecule has 0 aliphatic heterocycles. The van der Waals surface area contributed by atoms with Gasteiger partial charge in [0, 0.05) is 6.04 Å². The van der Waals surface area contributed by atoms with Crippen molar-refractivity contribution in [3.05, 3.63) is 0 Å². The van der Waals surface area contributed by atoms with Crippen LogP contribution < -0.4 is 5.73 Å². The maximum Gasteiger partial charge on any atom is 0.323 e. The number of rotatable bonds is 5. The SMILES string of the molecule is CC(C)C(N)C(=O)N(CC(=O)O)C1CC1. The Balaban J connectivity index is 2.62. The van der Waals surface area contributed by atoms with E-state index in [1.807, 2.05) is 13.8 Å². The number of amides is 1. The van der Waals surface area contributed by atoms with Crippen LogP contribution in [-0.4, -0.2) is 40.5 Å². The first kappa shape index (κ1) is 12.0. The summed E-state index contributed by atoms with van der Waals surface area (Å²) in [5.74, 6) is -1.19. The molecule has 5 nitrogen and oxygen atoms in total. The quantitative estimate of drug-likeness (QED) is 0.677. The van der Waals surface area contributed by atoms with Crippen molar-refractivity contribution in [1.29, 1.82) is 0 Å². The van der Waals surface area contributed by atoms with E-state index in [1.165, 1.54) is 4.90 Å². The Labute approximate surface area is 89.2 Å². The van der Waals surface area contributed by atoms with Crippen molar-refractivity contribution in [3.8, 4) is 0 Å². The van der Waals surface area contributed by atoms with E-state index in [1.54, 1.807) is 0 Å². The number of carbonyl (C=O) groups excluding carboxylic acids is 1. The number of aliphatic carboxylic acids is 1. The highest BCUT2D eigenvalue weighted by Gasteiger charge is 2.36. The molecule has 0 heterocycles. The van der Waals surface area contributed by atoms with Crippen molar-refractivity contribution in [2.24, 2.45) is 11.7 Å². The van der Waals surface area contributed by atoms with Crippen LogP contribution in [0, 0.1) is 5.92 Å². The number of hydrogen-bond acceptors (Lipinski definition) is 3. The number of carboxylic acid groups (broad SMARTS) is 1. The van der Waals surface area contributed by atoms with Crippen molar-refractivity contribution < 1.29 is 14.7 Å². The lowest BCUT2D eigenvalue weighted by atomic mass is 10.0. The third kappa shape index (κ3) is 3.20. The molecule has 5 heteroatoms. The van der Waals surface area contributed by atoms with Gasteiger partial charge in [-0.05, 0) is 18.8 Å². The summed E-state index contributed by atoms with van der Waals surface area (Å²) in [5, 5.41) is 8.70. The molecule has 1 amide bonds. The lowest BCUT2D eigenvalue weighted by molar-refractivity contribution is -0.145. The molecule has 0 aromatic heterocycles. The Morgan fingerprint density at radius 1 is 1.47 bits per heavy atom. The van der Waals surface area contributed by atoms with E-state index in [4.69, 9.17) is 10.8 Å². The zero-order chi connectivity index (χ0) is 11.6. The lowest BCUT2D eigenvalue weighted by Gasteiger charge is -2.25. The molecule has 0 aromatic carbocycles. The van der Waals surface area contributed by atoms with Gasteiger partial charge in [-0.25, -0.2) is 0 Å². The van der Waals surface area contributed by atoms with Gasteiger partial charge in [0.05, 0.1) is 6.04 Å². The average molecular weight is 214 g/mol. The monoisotopic (exact) mass is 214 g/mol. The zero-order valence-electron chi connectivity index (χ0n) is 9.14. The Hall–Kier alpha value is -1.10. The highest BCUT2D eigenvalue weighted by molar-refractivity contribution is 5.86. The molecule has 1 unspecified atom stereocenters. The molecule has 0 aromatic rings. The van der Waals surface area contributed by atoms with Crippen LogP contribution in [0.5, 0.6) is 0 Å². The van der Waals surface area contributed by atoms with Crippen LogP contribution >= 0.6 is 0 Å². The van der Waals surface area contributed by atoms with E-state index in [2.05, 4.69) is 0 Å². The summed E-state index contributed by atoms with van der Waals surface area (Å²) in [6.07, 6.45) is 1.79. The van der Waals surface area contributed by atoms with Crippen molar-refractivity contribution in [2.45, 2.75) is 38.8 Å². The van der Waals surface area contributed by atoms with E-state index in [-0.39, 0.29) is 24.4 Å². The highest BCUT2D eigenvalue weighted by atomic mass is 16.4. The zero-order valence-corrected chi connectivity index (χ0v) is 9.14. The smallest absolute Gasteiger partial charge is 0.323 e. The molecule has 1 saturated carbocycles. The van der Waals surface area contributed by atoms with Gasteiger partial charge in [0.25, 0.3) is 0 Å². The minimum Gasteiger partial charge on any atom is -0.480 e. The number of carboxylic acids is 1. The van der Waals surface area contributed by atoms with E-state index in [9.17, 15) is 9.59 Å². The largest absolute Gasteiger partial charge is 0.480 e. The van der Waals surface area contributed by atoms with Crippen LogP contribution in [0.1, 0.15) is 26.7 Å². The Morgan fingerprint density at radius 2 is 2.00 bits per heavy atom. The van der Waals surface area contributed by atoms with E-state index < -0.39 is 12.0 Å². The van der Waals surface area contributed by atoms with E-state index in [0.717, 1.165) is 12.8 Å². The normalized spacial score (nSPS) is 17.6. The van der Waals surface area contributed by atoms with E-state index in [0.29, 0.717) is 0 Å². The van der Waals surface area contributed by atoms with Gasteiger partial charge < -0.3 is 15.7 Å². The molecule has 0 radical (unpaired) electrons. The predicted octanol–water partition coefficient (Wildman–Crippen LogP) is 0.0453. The van der Waals surface area contributed by atoms with Gasteiger partial charge in [-0.1, -0.05) is 13.8 Å². The van der Waals surface area contributed by atoms with Crippen molar-refractivity contribution in [1.82, 2.24) is 4.90 Å². The molecule has 0 bridgehead atoms. The molecule has 3 N–H and O–H groups in total. The molecule has 1 rings (SSSR count). The molecule has 1 aliphatic rings. The fraction of sp³-hybridized carbons (Fsp3) is 0.800. The van der Waals surface area contributed by atoms with Crippen LogP contribution in [0.15, 0.2) is 0 Å². The maximum absolute atomic E-state index is 11.8. The van der Waals surface area contributed by atoms with Gasteiger partial charge in [-0.15, -0.1) is 0 Å². The second-order valence-electron chi connectivity index (χ2n) is 4.36. The summed E-state index contributed by atoms with van der Waals surface area (Å²) < 4.78 is 0. The van der Waals surface area contributed by atoms with Gasteiger partial charge in [-0.2, -0.15) is 0 Å². The summed E-state index contributed by atoms with van der Waals surface area (Å²) >= 11 is 0. The third-order valence-corrected chi connectivity index (χ3v) is 2.58. The first-order valence-electron chi connectivity index (χ1n) is 5.21. The first-order valence-corrected chi connectivity index (χ1v) is 5.21. The molecular formula is C10H18N2O3. The molecule has 0 spiro atoms. The Kier molecular flexibility index (Phi) is 3.68. The van der Waals surface area contributed by atoms with Gasteiger partial charge in [0.15, 0.2) is 0 Å². The van der Waals surface area contributed by atoms with Crippen LogP contribution in [0.4, 0.5) is 0 Å². The fourth-order valence-corrected chi connectivity index (χ4v) is 1.40. The minimum absolute atomic E-state index is 0.0348. The standard InChI is InChI=1S/C10H18N2O3/c1-6(2)9(11)10(15)12(5-8(13)14)7-3-4-7/h6-7,9H,3-5,11H2,1-2H3,(H,13,14). The predicted molar refractivity (Wildman–Crippen MR) is 55.2 cm³/mol. The summed E-state index contributed by atoms with van der Waals surface area (Å²) in [7, 11) is 0. The topological polar surface area (TPSA) is 83.6 Å². The molecule has 1 aliphatic carbocycles. The minimum atomic E-state index is -0.980. The van der Waals surface area contributed by atoms with Crippen molar-refractivity contribution in [3.63, 3.8) is 0 Å². The third-order valence-electron chi connectivity index (χ3n) is 2.58. The summed E-state index contributed by atoms with van der Waals surface area (Å²) in [4.78, 5) is 23.8. The second kappa shape index (κ2) is 4.61. The number of carbonyl (C=O) groups is 2. The van der Waals surface area contributed by atoms with Gasteiger partial charge in [0.1, 0.15) is 6.54 Å². The average Bonchev–Trinajstić information content (AvgIpc) is 2.94. The van der Waals surface area contributed by atoms with Crippen molar-refractivity contribution >= 4 is 11.9 Å². The van der Waals surface area contributed by atoms with Crippen LogP contribution in [0.2, 0.25) is 0 Å².